The first-order valence-corrected chi connectivity index (χ1v) is 8.31. The first kappa shape index (κ1) is 19.9. The van der Waals surface area contributed by atoms with Gasteiger partial charge in [0.05, 0.1) is 17.2 Å². The molecule has 2 aromatic carbocycles. The van der Waals surface area contributed by atoms with Crippen LogP contribution >= 0.6 is 0 Å². The molecule has 0 fully saturated rings. The third-order valence-electron chi connectivity index (χ3n) is 3.44. The van der Waals surface area contributed by atoms with E-state index in [4.69, 9.17) is 14.6 Å². The molecule has 0 saturated heterocycles. The maximum absolute atomic E-state index is 12.5. The van der Waals surface area contributed by atoms with Gasteiger partial charge < -0.3 is 14.6 Å². The van der Waals surface area contributed by atoms with Crippen molar-refractivity contribution in [2.75, 3.05) is 0 Å². The predicted molar refractivity (Wildman–Crippen MR) is 100 cm³/mol. The number of carboxylic acid groups (broad SMARTS) is 1. The number of allylic oxidation sites excluding steroid dienone is 1. The molecular weight excluding hydrogens is 348 g/mol. The summed E-state index contributed by atoms with van der Waals surface area (Å²) in [5, 5.41) is 9.13. The van der Waals surface area contributed by atoms with Crippen LogP contribution in [0.1, 0.15) is 47.1 Å². The molecule has 0 atom stereocenters. The number of para-hydroxylation sites is 1. The van der Waals surface area contributed by atoms with Crippen LogP contribution in [0, 0.1) is 0 Å². The SMILES string of the molecule is CC(=O)Oc1ccccc1C(=O)/C=C/c1ccc(C(=O)O)cc1OC(C)C. The van der Waals surface area contributed by atoms with Crippen molar-refractivity contribution in [2.45, 2.75) is 26.9 Å². The van der Waals surface area contributed by atoms with Crippen molar-refractivity contribution in [3.05, 3.63) is 65.2 Å². The highest BCUT2D eigenvalue weighted by molar-refractivity contribution is 6.09. The summed E-state index contributed by atoms with van der Waals surface area (Å²) in [4.78, 5) is 34.9. The van der Waals surface area contributed by atoms with E-state index in [9.17, 15) is 14.4 Å². The fourth-order valence-electron chi connectivity index (χ4n) is 2.33. The molecule has 2 rings (SSSR count). The molecule has 140 valence electrons. The van der Waals surface area contributed by atoms with Gasteiger partial charge in [-0.2, -0.15) is 0 Å². The molecule has 0 spiro atoms. The molecule has 27 heavy (non-hydrogen) atoms. The fraction of sp³-hybridized carbons (Fsp3) is 0.190. The van der Waals surface area contributed by atoms with Gasteiger partial charge in [-0.3, -0.25) is 9.59 Å². The lowest BCUT2D eigenvalue weighted by Crippen LogP contribution is -2.08. The molecule has 0 heterocycles. The van der Waals surface area contributed by atoms with Crippen molar-refractivity contribution in [3.63, 3.8) is 0 Å². The topological polar surface area (TPSA) is 89.9 Å². The number of carboxylic acids is 1. The number of benzene rings is 2. The first-order chi connectivity index (χ1) is 12.8. The average Bonchev–Trinajstić information content (AvgIpc) is 2.59. The van der Waals surface area contributed by atoms with Crippen molar-refractivity contribution in [1.82, 2.24) is 0 Å². The predicted octanol–water partition coefficient (Wildman–Crippen LogP) is 3.99. The fourth-order valence-corrected chi connectivity index (χ4v) is 2.33. The number of hydrogen-bond acceptors (Lipinski definition) is 5. The summed E-state index contributed by atoms with van der Waals surface area (Å²) in [7, 11) is 0. The van der Waals surface area contributed by atoms with Gasteiger partial charge in [0.25, 0.3) is 0 Å². The largest absolute Gasteiger partial charge is 0.490 e. The zero-order valence-corrected chi connectivity index (χ0v) is 15.3. The van der Waals surface area contributed by atoms with E-state index in [1.54, 1.807) is 24.3 Å². The van der Waals surface area contributed by atoms with Gasteiger partial charge in [0, 0.05) is 12.5 Å². The minimum atomic E-state index is -1.06. The van der Waals surface area contributed by atoms with Gasteiger partial charge in [-0.1, -0.05) is 18.2 Å². The van der Waals surface area contributed by atoms with Crippen molar-refractivity contribution in [1.29, 1.82) is 0 Å². The van der Waals surface area contributed by atoms with Gasteiger partial charge in [0.15, 0.2) is 5.78 Å². The Morgan fingerprint density at radius 2 is 1.74 bits per heavy atom. The summed E-state index contributed by atoms with van der Waals surface area (Å²) in [5.74, 6) is -1.40. The van der Waals surface area contributed by atoms with Crippen LogP contribution in [0.2, 0.25) is 0 Å². The van der Waals surface area contributed by atoms with Gasteiger partial charge in [-0.25, -0.2) is 4.79 Å². The number of carbonyl (C=O) groups is 3. The standard InChI is InChI=1S/C21H20O6/c1-13(2)26-20-12-16(21(24)25)9-8-15(20)10-11-18(23)17-6-4-5-7-19(17)27-14(3)22/h4-13H,1-3H3,(H,24,25)/b11-10+. The van der Waals surface area contributed by atoms with Crippen LogP contribution in [-0.4, -0.2) is 28.9 Å². The van der Waals surface area contributed by atoms with E-state index >= 15 is 0 Å². The maximum Gasteiger partial charge on any atom is 0.335 e. The number of ketones is 1. The van der Waals surface area contributed by atoms with Gasteiger partial charge in [-0.05, 0) is 50.3 Å². The molecule has 6 heteroatoms. The third-order valence-corrected chi connectivity index (χ3v) is 3.44. The van der Waals surface area contributed by atoms with E-state index < -0.39 is 11.9 Å². The maximum atomic E-state index is 12.5. The monoisotopic (exact) mass is 368 g/mol. The van der Waals surface area contributed by atoms with E-state index in [1.807, 2.05) is 13.8 Å². The Bertz CT molecular complexity index is 895. The van der Waals surface area contributed by atoms with Crippen LogP contribution in [0.5, 0.6) is 11.5 Å². The Balaban J connectivity index is 2.33. The van der Waals surface area contributed by atoms with Crippen molar-refractivity contribution in [3.8, 4) is 11.5 Å². The molecule has 1 N–H and O–H groups in total. The summed E-state index contributed by atoms with van der Waals surface area (Å²) in [6.07, 6.45) is 2.70. The van der Waals surface area contributed by atoms with Gasteiger partial charge in [0.2, 0.25) is 0 Å². The zero-order chi connectivity index (χ0) is 20.0. The molecule has 0 saturated carbocycles. The van der Waals surface area contributed by atoms with Crippen LogP contribution in [0.25, 0.3) is 6.08 Å². The Morgan fingerprint density at radius 3 is 2.37 bits per heavy atom. The molecular formula is C21H20O6. The first-order valence-electron chi connectivity index (χ1n) is 8.31. The van der Waals surface area contributed by atoms with Crippen LogP contribution in [0.4, 0.5) is 0 Å². The van der Waals surface area contributed by atoms with Crippen LogP contribution in [0.15, 0.2) is 48.5 Å². The number of aromatic carboxylic acids is 1. The molecule has 0 aliphatic rings. The Labute approximate surface area is 157 Å². The van der Waals surface area contributed by atoms with Gasteiger partial charge >= 0.3 is 11.9 Å². The zero-order valence-electron chi connectivity index (χ0n) is 15.3. The highest BCUT2D eigenvalue weighted by Gasteiger charge is 2.13. The molecule has 0 unspecified atom stereocenters. The summed E-state index contributed by atoms with van der Waals surface area (Å²) >= 11 is 0. The van der Waals surface area contributed by atoms with E-state index in [-0.39, 0.29) is 28.8 Å². The lowest BCUT2D eigenvalue weighted by Gasteiger charge is -2.13. The molecule has 0 radical (unpaired) electrons. The van der Waals surface area contributed by atoms with Crippen molar-refractivity contribution < 1.29 is 29.0 Å². The normalized spacial score (nSPS) is 10.8. The average molecular weight is 368 g/mol. The van der Waals surface area contributed by atoms with Crippen LogP contribution in [0.3, 0.4) is 0 Å². The molecule has 0 aromatic heterocycles. The highest BCUT2D eigenvalue weighted by Crippen LogP contribution is 2.25. The quantitative estimate of drug-likeness (QED) is 0.344. The Kier molecular flexibility index (Phi) is 6.49. The van der Waals surface area contributed by atoms with E-state index in [1.165, 1.54) is 37.3 Å². The molecule has 2 aromatic rings. The number of rotatable bonds is 7. The summed E-state index contributed by atoms with van der Waals surface area (Å²) in [6, 6.07) is 10.9. The molecule has 0 aliphatic heterocycles. The Morgan fingerprint density at radius 1 is 1.04 bits per heavy atom. The number of esters is 1. The van der Waals surface area contributed by atoms with Crippen molar-refractivity contribution in [2.24, 2.45) is 0 Å². The molecule has 0 amide bonds. The highest BCUT2D eigenvalue weighted by atomic mass is 16.5. The van der Waals surface area contributed by atoms with Gasteiger partial charge in [0.1, 0.15) is 11.5 Å². The number of hydrogen-bond donors (Lipinski definition) is 1. The minimum absolute atomic E-state index is 0.0920. The second-order valence-corrected chi connectivity index (χ2v) is 6.01. The lowest BCUT2D eigenvalue weighted by molar-refractivity contribution is -0.131. The minimum Gasteiger partial charge on any atom is -0.490 e. The molecule has 6 nitrogen and oxygen atoms in total. The lowest BCUT2D eigenvalue weighted by atomic mass is 10.1. The summed E-state index contributed by atoms with van der Waals surface area (Å²) < 4.78 is 10.7. The van der Waals surface area contributed by atoms with E-state index in [0.29, 0.717) is 11.3 Å². The molecule has 0 bridgehead atoms. The summed E-state index contributed by atoms with van der Waals surface area (Å²) in [5.41, 5.74) is 0.902. The number of carbonyl (C=O) groups excluding carboxylic acids is 2. The third kappa shape index (κ3) is 5.54. The van der Waals surface area contributed by atoms with E-state index in [0.717, 1.165) is 0 Å². The summed E-state index contributed by atoms with van der Waals surface area (Å²) in [6.45, 7) is 4.90. The van der Waals surface area contributed by atoms with Crippen LogP contribution in [-0.2, 0) is 4.79 Å². The van der Waals surface area contributed by atoms with Crippen LogP contribution < -0.4 is 9.47 Å². The smallest absolute Gasteiger partial charge is 0.335 e. The van der Waals surface area contributed by atoms with Crippen molar-refractivity contribution >= 4 is 23.8 Å². The second kappa shape index (κ2) is 8.80. The molecule has 0 aliphatic carbocycles. The second-order valence-electron chi connectivity index (χ2n) is 6.01. The van der Waals surface area contributed by atoms with Gasteiger partial charge in [-0.15, -0.1) is 0 Å². The van der Waals surface area contributed by atoms with E-state index in [2.05, 4.69) is 0 Å². The Hall–Kier alpha value is -3.41. The number of ether oxygens (including phenoxy) is 2.